The van der Waals surface area contributed by atoms with Crippen molar-refractivity contribution in [3.63, 3.8) is 0 Å². The molecule has 0 radical (unpaired) electrons. The van der Waals surface area contributed by atoms with Gasteiger partial charge in [0.2, 0.25) is 10.0 Å². The molecule has 0 aliphatic carbocycles. The summed E-state index contributed by atoms with van der Waals surface area (Å²) in [4.78, 5) is -0.0834. The quantitative estimate of drug-likeness (QED) is 0.241. The molecule has 0 aliphatic rings. The Balaban J connectivity index is 2.65. The van der Waals surface area contributed by atoms with Gasteiger partial charge in [-0.25, -0.2) is 24.1 Å². The molecule has 0 aromatic heterocycles. The smallest absolute Gasteiger partial charge is 0.382 e. The van der Waals surface area contributed by atoms with Gasteiger partial charge in [-0.1, -0.05) is 6.07 Å². The molecule has 0 bridgehead atoms. The van der Waals surface area contributed by atoms with Crippen LogP contribution in [0, 0.1) is 6.92 Å². The third-order valence-electron chi connectivity index (χ3n) is 3.89. The normalized spacial score (nSPS) is 12.7. The Morgan fingerprint density at radius 2 is 1.86 bits per heavy atom. The van der Waals surface area contributed by atoms with Crippen molar-refractivity contribution in [1.29, 1.82) is 0 Å². The van der Waals surface area contributed by atoms with Gasteiger partial charge in [0, 0.05) is 18.3 Å². The van der Waals surface area contributed by atoms with Crippen LogP contribution in [0.4, 0.5) is 24.5 Å². The zero-order valence-corrected chi connectivity index (χ0v) is 16.7. The van der Waals surface area contributed by atoms with Gasteiger partial charge in [-0.15, -0.1) is 5.10 Å². The largest absolute Gasteiger partial charge is 0.416 e. The molecule has 0 amide bonds. The van der Waals surface area contributed by atoms with Crippen molar-refractivity contribution in [2.75, 3.05) is 19.4 Å². The molecule has 8 nitrogen and oxygen atoms in total. The Hall–Kier alpha value is -2.83. The number of anilines is 2. The van der Waals surface area contributed by atoms with Crippen molar-refractivity contribution >= 4 is 27.2 Å². The molecule has 12 heteroatoms. The zero-order valence-electron chi connectivity index (χ0n) is 15.9. The van der Waals surface area contributed by atoms with E-state index < -0.39 is 21.8 Å². The number of nitrogens with zero attached hydrogens (tertiary/aromatic N) is 2. The Bertz CT molecular complexity index is 1040. The van der Waals surface area contributed by atoms with Gasteiger partial charge in [-0.3, -0.25) is 0 Å². The topological polar surface area (TPSA) is 126 Å². The number of hydrazine groups is 1. The van der Waals surface area contributed by atoms with Crippen molar-refractivity contribution in [1.82, 2.24) is 9.84 Å². The van der Waals surface area contributed by atoms with Crippen LogP contribution >= 0.6 is 0 Å². The molecule has 0 fully saturated rings. The molecule has 0 atom stereocenters. The number of nitrogens with one attached hydrogen (secondary N) is 2. The highest BCUT2D eigenvalue weighted by atomic mass is 32.2. The highest BCUT2D eigenvalue weighted by Gasteiger charge is 2.30. The van der Waals surface area contributed by atoms with Crippen LogP contribution in [0.2, 0.25) is 0 Å². The molecule has 0 saturated carbocycles. The molecule has 2 aromatic carbocycles. The van der Waals surface area contributed by atoms with Crippen LogP contribution in [-0.4, -0.2) is 33.5 Å². The summed E-state index contributed by atoms with van der Waals surface area (Å²) in [6, 6.07) is 7.20. The molecule has 0 aliphatic heterocycles. The van der Waals surface area contributed by atoms with Crippen LogP contribution in [0.1, 0.15) is 16.7 Å². The van der Waals surface area contributed by atoms with Crippen molar-refractivity contribution in [3.8, 4) is 0 Å². The standard InChI is InChI=1S/C17H21F3N6O2S/c1-10-7-13(29(27,28)23-2)9-14(16(21)25-26(3)22)15(10)24-12-6-4-5-11(8-12)17(18,19)20/h4-9,23-24H,22H2,1-3H3,(H2,21,25). The van der Waals surface area contributed by atoms with E-state index in [1.54, 1.807) is 6.92 Å². The second-order valence-corrected chi connectivity index (χ2v) is 8.02. The lowest BCUT2D eigenvalue weighted by Crippen LogP contribution is -2.27. The predicted molar refractivity (Wildman–Crippen MR) is 105 cm³/mol. The molecule has 6 N–H and O–H groups in total. The van der Waals surface area contributed by atoms with Crippen LogP contribution in [0.3, 0.4) is 0 Å². The molecular weight excluding hydrogens is 409 g/mol. The van der Waals surface area contributed by atoms with E-state index in [4.69, 9.17) is 11.6 Å². The second kappa shape index (κ2) is 8.27. The second-order valence-electron chi connectivity index (χ2n) is 6.13. The first kappa shape index (κ1) is 22.5. The van der Waals surface area contributed by atoms with E-state index in [1.165, 1.54) is 38.4 Å². The summed E-state index contributed by atoms with van der Waals surface area (Å²) < 4.78 is 65.6. The van der Waals surface area contributed by atoms with Gasteiger partial charge >= 0.3 is 6.18 Å². The first-order valence-corrected chi connectivity index (χ1v) is 9.69. The molecular formula is C17H21F3N6O2S. The highest BCUT2D eigenvalue weighted by Crippen LogP contribution is 2.33. The van der Waals surface area contributed by atoms with E-state index in [0.717, 1.165) is 17.3 Å². The SMILES string of the molecule is CNS(=O)(=O)c1cc(C)c(Nc2cccc(C(F)(F)F)c2)c(/C(N)=N/N(C)N)c1. The minimum Gasteiger partial charge on any atom is -0.382 e. The number of alkyl halides is 3. The molecule has 0 saturated heterocycles. The zero-order chi connectivity index (χ0) is 22.0. The average Bonchev–Trinajstić information content (AvgIpc) is 2.62. The Morgan fingerprint density at radius 1 is 1.21 bits per heavy atom. The molecule has 0 unspecified atom stereocenters. The molecule has 158 valence electrons. The summed E-state index contributed by atoms with van der Waals surface area (Å²) in [6.45, 7) is 1.59. The van der Waals surface area contributed by atoms with Gasteiger partial charge in [0.25, 0.3) is 0 Å². The maximum Gasteiger partial charge on any atom is 0.416 e. The van der Waals surface area contributed by atoms with Crippen LogP contribution in [-0.2, 0) is 16.2 Å². The van der Waals surface area contributed by atoms with Crippen LogP contribution in [0.5, 0.6) is 0 Å². The molecule has 2 aromatic rings. The summed E-state index contributed by atoms with van der Waals surface area (Å²) in [7, 11) is -1.14. The number of hydrogen-bond acceptors (Lipinski definition) is 6. The third kappa shape index (κ3) is 5.37. The van der Waals surface area contributed by atoms with Crippen LogP contribution < -0.4 is 21.6 Å². The lowest BCUT2D eigenvalue weighted by Gasteiger charge is -2.18. The van der Waals surface area contributed by atoms with Gasteiger partial charge in [-0.05, 0) is 49.9 Å². The fourth-order valence-corrected chi connectivity index (χ4v) is 3.38. The fraction of sp³-hybridized carbons (Fsp3) is 0.235. The average molecular weight is 430 g/mol. The number of nitrogens with two attached hydrogens (primary N) is 2. The maximum atomic E-state index is 13.0. The number of benzene rings is 2. The third-order valence-corrected chi connectivity index (χ3v) is 5.28. The summed E-state index contributed by atoms with van der Waals surface area (Å²) in [5.41, 5.74) is 6.15. The minimum absolute atomic E-state index is 0.0834. The number of sulfonamides is 1. The van der Waals surface area contributed by atoms with E-state index >= 15 is 0 Å². The van der Waals surface area contributed by atoms with Crippen molar-refractivity contribution in [3.05, 3.63) is 53.1 Å². The summed E-state index contributed by atoms with van der Waals surface area (Å²) in [5, 5.41) is 7.66. The van der Waals surface area contributed by atoms with Crippen LogP contribution in [0.15, 0.2) is 46.4 Å². The lowest BCUT2D eigenvalue weighted by atomic mass is 10.1. The van der Waals surface area contributed by atoms with Crippen LogP contribution in [0.25, 0.3) is 0 Å². The number of hydrogen-bond donors (Lipinski definition) is 4. The number of rotatable bonds is 6. The van der Waals surface area contributed by atoms with Crippen molar-refractivity contribution in [2.45, 2.75) is 18.0 Å². The molecule has 2 rings (SSSR count). The van der Waals surface area contributed by atoms with Gasteiger partial charge in [0.1, 0.15) is 0 Å². The predicted octanol–water partition coefficient (Wildman–Crippen LogP) is 2.09. The van der Waals surface area contributed by atoms with Gasteiger partial charge in [0.05, 0.1) is 16.1 Å². The Morgan fingerprint density at radius 3 is 2.41 bits per heavy atom. The first-order valence-electron chi connectivity index (χ1n) is 8.20. The highest BCUT2D eigenvalue weighted by molar-refractivity contribution is 7.89. The molecule has 29 heavy (non-hydrogen) atoms. The summed E-state index contributed by atoms with van der Waals surface area (Å²) in [6.07, 6.45) is -4.51. The number of amidine groups is 1. The fourth-order valence-electron chi connectivity index (χ4n) is 2.54. The van der Waals surface area contributed by atoms with E-state index in [9.17, 15) is 21.6 Å². The van der Waals surface area contributed by atoms with Gasteiger partial charge < -0.3 is 11.1 Å². The summed E-state index contributed by atoms with van der Waals surface area (Å²) in [5.74, 6) is 5.35. The van der Waals surface area contributed by atoms with E-state index in [-0.39, 0.29) is 22.0 Å². The lowest BCUT2D eigenvalue weighted by molar-refractivity contribution is -0.137. The van der Waals surface area contributed by atoms with Crippen molar-refractivity contribution in [2.24, 2.45) is 16.7 Å². The maximum absolute atomic E-state index is 13.0. The Labute approximate surface area is 166 Å². The molecule has 0 spiro atoms. The van der Waals surface area contributed by atoms with E-state index in [0.29, 0.717) is 11.3 Å². The number of aryl methyl sites for hydroxylation is 1. The number of halogens is 3. The van der Waals surface area contributed by atoms with Crippen molar-refractivity contribution < 1.29 is 21.6 Å². The minimum atomic E-state index is -4.51. The monoisotopic (exact) mass is 430 g/mol. The molecule has 0 heterocycles. The van der Waals surface area contributed by atoms with E-state index in [1.807, 2.05) is 0 Å². The van der Waals surface area contributed by atoms with Gasteiger partial charge in [-0.2, -0.15) is 13.2 Å². The number of hydrazone groups is 1. The van der Waals surface area contributed by atoms with Gasteiger partial charge in [0.15, 0.2) is 5.84 Å². The summed E-state index contributed by atoms with van der Waals surface area (Å²) >= 11 is 0. The first-order chi connectivity index (χ1) is 13.3. The Kier molecular flexibility index (Phi) is 6.40. The van der Waals surface area contributed by atoms with E-state index in [2.05, 4.69) is 15.1 Å².